The number of ether oxygens (including phenoxy) is 1. The summed E-state index contributed by atoms with van der Waals surface area (Å²) in [5.41, 5.74) is 0. The van der Waals surface area contributed by atoms with E-state index in [1.807, 2.05) is 6.92 Å². The Kier molecular flexibility index (Phi) is 4.29. The molecule has 0 saturated heterocycles. The molecule has 0 amide bonds. The van der Waals surface area contributed by atoms with Gasteiger partial charge in [-0.2, -0.15) is 0 Å². The lowest BCUT2D eigenvalue weighted by Gasteiger charge is -2.23. The van der Waals surface area contributed by atoms with E-state index in [1.54, 1.807) is 0 Å². The van der Waals surface area contributed by atoms with Crippen molar-refractivity contribution in [2.24, 2.45) is 0 Å². The van der Waals surface area contributed by atoms with Crippen LogP contribution in [0.1, 0.15) is 19.8 Å². The molecule has 16 heavy (non-hydrogen) atoms. The number of carboxylic acids is 1. The van der Waals surface area contributed by atoms with Crippen LogP contribution < -0.4 is 4.74 Å². The van der Waals surface area contributed by atoms with Gasteiger partial charge in [-0.25, -0.2) is 9.18 Å². The molecule has 5 heteroatoms. The third kappa shape index (κ3) is 3.20. The highest BCUT2D eigenvalue weighted by atomic mass is 79.9. The van der Waals surface area contributed by atoms with Gasteiger partial charge in [-0.05, 0) is 40.2 Å². The number of rotatable bonds is 5. The van der Waals surface area contributed by atoms with E-state index in [0.29, 0.717) is 18.6 Å². The third-order valence-electron chi connectivity index (χ3n) is 1.98. The van der Waals surface area contributed by atoms with Crippen molar-refractivity contribution in [3.63, 3.8) is 0 Å². The average molecular weight is 291 g/mol. The number of aliphatic carboxylic acids is 1. The van der Waals surface area contributed by atoms with Gasteiger partial charge in [0.2, 0.25) is 0 Å². The van der Waals surface area contributed by atoms with Crippen molar-refractivity contribution >= 4 is 21.9 Å². The van der Waals surface area contributed by atoms with E-state index in [2.05, 4.69) is 15.9 Å². The van der Waals surface area contributed by atoms with Crippen LogP contribution in [0.5, 0.6) is 5.75 Å². The van der Waals surface area contributed by atoms with E-state index < -0.39 is 16.3 Å². The number of carbonyl (C=O) groups is 1. The van der Waals surface area contributed by atoms with Crippen molar-refractivity contribution < 1.29 is 19.0 Å². The van der Waals surface area contributed by atoms with Gasteiger partial charge in [0.1, 0.15) is 11.6 Å². The first-order valence-electron chi connectivity index (χ1n) is 4.85. The standard InChI is InChI=1S/C11H12BrFO3/c1-2-7-11(12,10(14)15)16-9-5-3-8(13)4-6-9/h3-6H,2,7H2,1H3,(H,14,15). The summed E-state index contributed by atoms with van der Waals surface area (Å²) in [4.78, 5) is 11.0. The highest BCUT2D eigenvalue weighted by Gasteiger charge is 2.37. The molecule has 0 saturated carbocycles. The average Bonchev–Trinajstić information content (AvgIpc) is 2.22. The fraction of sp³-hybridized carbons (Fsp3) is 0.364. The summed E-state index contributed by atoms with van der Waals surface area (Å²) in [5.74, 6) is -1.17. The SMILES string of the molecule is CCCC(Br)(Oc1ccc(F)cc1)C(=O)O. The minimum absolute atomic E-state index is 0.314. The van der Waals surface area contributed by atoms with Crippen molar-refractivity contribution in [3.8, 4) is 5.75 Å². The summed E-state index contributed by atoms with van der Waals surface area (Å²) >= 11 is 3.05. The molecule has 1 atom stereocenters. The van der Waals surface area contributed by atoms with Gasteiger partial charge in [0, 0.05) is 6.42 Å². The molecule has 0 heterocycles. The lowest BCUT2D eigenvalue weighted by Crippen LogP contribution is -2.38. The first-order valence-corrected chi connectivity index (χ1v) is 5.64. The summed E-state index contributed by atoms with van der Waals surface area (Å²) in [7, 11) is 0. The second kappa shape index (κ2) is 5.30. The van der Waals surface area contributed by atoms with E-state index in [4.69, 9.17) is 9.84 Å². The molecule has 0 aliphatic carbocycles. The fourth-order valence-corrected chi connectivity index (χ4v) is 1.80. The molecule has 0 spiro atoms. The normalized spacial score (nSPS) is 14.2. The predicted molar refractivity (Wildman–Crippen MR) is 61.2 cm³/mol. The monoisotopic (exact) mass is 290 g/mol. The van der Waals surface area contributed by atoms with Gasteiger partial charge >= 0.3 is 5.97 Å². The summed E-state index contributed by atoms with van der Waals surface area (Å²) in [6.07, 6.45) is 0.971. The van der Waals surface area contributed by atoms with Gasteiger partial charge in [-0.15, -0.1) is 0 Å². The van der Waals surface area contributed by atoms with Crippen molar-refractivity contribution in [1.82, 2.24) is 0 Å². The van der Waals surface area contributed by atoms with E-state index in [-0.39, 0.29) is 0 Å². The molecule has 1 unspecified atom stereocenters. The lowest BCUT2D eigenvalue weighted by molar-refractivity contribution is -0.147. The van der Waals surface area contributed by atoms with Gasteiger partial charge in [-0.1, -0.05) is 13.3 Å². The Morgan fingerprint density at radius 3 is 2.50 bits per heavy atom. The second-order valence-corrected chi connectivity index (χ2v) is 4.62. The maximum absolute atomic E-state index is 12.6. The van der Waals surface area contributed by atoms with Crippen LogP contribution in [0.25, 0.3) is 0 Å². The Balaban J connectivity index is 2.83. The van der Waals surface area contributed by atoms with Crippen molar-refractivity contribution in [2.45, 2.75) is 24.3 Å². The maximum atomic E-state index is 12.6. The maximum Gasteiger partial charge on any atom is 0.359 e. The van der Waals surface area contributed by atoms with E-state index >= 15 is 0 Å². The van der Waals surface area contributed by atoms with Crippen LogP contribution in [0.3, 0.4) is 0 Å². The van der Waals surface area contributed by atoms with E-state index in [9.17, 15) is 9.18 Å². The first-order chi connectivity index (χ1) is 7.48. The minimum atomic E-state index is -1.44. The topological polar surface area (TPSA) is 46.5 Å². The van der Waals surface area contributed by atoms with Gasteiger partial charge in [0.15, 0.2) is 0 Å². The van der Waals surface area contributed by atoms with Crippen LogP contribution in [0.4, 0.5) is 4.39 Å². The second-order valence-electron chi connectivity index (χ2n) is 3.34. The number of hydrogen-bond acceptors (Lipinski definition) is 2. The van der Waals surface area contributed by atoms with Crippen LogP contribution in [0, 0.1) is 5.82 Å². The molecular weight excluding hydrogens is 279 g/mol. The van der Waals surface area contributed by atoms with Gasteiger partial charge in [0.25, 0.3) is 4.51 Å². The van der Waals surface area contributed by atoms with Crippen LogP contribution in [-0.2, 0) is 4.79 Å². The summed E-state index contributed by atoms with van der Waals surface area (Å²) in [5, 5.41) is 9.03. The third-order valence-corrected chi connectivity index (χ3v) is 2.88. The highest BCUT2D eigenvalue weighted by molar-refractivity contribution is 9.10. The fourth-order valence-electron chi connectivity index (χ4n) is 1.21. The molecule has 0 bridgehead atoms. The molecule has 0 fully saturated rings. The molecular formula is C11H12BrFO3. The zero-order chi connectivity index (χ0) is 12.2. The predicted octanol–water partition coefficient (Wildman–Crippen LogP) is 3.18. The quantitative estimate of drug-likeness (QED) is 0.847. The first kappa shape index (κ1) is 13.0. The van der Waals surface area contributed by atoms with E-state index in [1.165, 1.54) is 24.3 Å². The molecule has 1 aromatic rings. The van der Waals surface area contributed by atoms with Crippen LogP contribution in [-0.4, -0.2) is 15.6 Å². The molecule has 1 N–H and O–H groups in total. The molecule has 0 aliphatic rings. The van der Waals surface area contributed by atoms with Crippen LogP contribution >= 0.6 is 15.9 Å². The Morgan fingerprint density at radius 1 is 1.50 bits per heavy atom. The highest BCUT2D eigenvalue weighted by Crippen LogP contribution is 2.29. The molecule has 0 aromatic heterocycles. The molecule has 1 aromatic carbocycles. The smallest absolute Gasteiger partial charge is 0.359 e. The van der Waals surface area contributed by atoms with Crippen molar-refractivity contribution in [3.05, 3.63) is 30.1 Å². The molecule has 88 valence electrons. The number of carboxylic acid groups (broad SMARTS) is 1. The van der Waals surface area contributed by atoms with Crippen LogP contribution in [0.15, 0.2) is 24.3 Å². The van der Waals surface area contributed by atoms with E-state index in [0.717, 1.165) is 0 Å². The number of alkyl halides is 1. The number of hydrogen-bond donors (Lipinski definition) is 1. The van der Waals surface area contributed by atoms with Crippen molar-refractivity contribution in [1.29, 1.82) is 0 Å². The summed E-state index contributed by atoms with van der Waals surface area (Å²) in [6, 6.07) is 5.22. The van der Waals surface area contributed by atoms with Gasteiger partial charge in [0.05, 0.1) is 0 Å². The number of benzene rings is 1. The summed E-state index contributed by atoms with van der Waals surface area (Å²) < 4.78 is 16.5. The van der Waals surface area contributed by atoms with Crippen LogP contribution in [0.2, 0.25) is 0 Å². The minimum Gasteiger partial charge on any atom is -0.478 e. The van der Waals surface area contributed by atoms with Crippen molar-refractivity contribution in [2.75, 3.05) is 0 Å². The van der Waals surface area contributed by atoms with Gasteiger partial charge in [-0.3, -0.25) is 0 Å². The zero-order valence-corrected chi connectivity index (χ0v) is 10.3. The largest absolute Gasteiger partial charge is 0.478 e. The molecule has 1 rings (SSSR count). The molecule has 0 aliphatic heterocycles. The van der Waals surface area contributed by atoms with Gasteiger partial charge < -0.3 is 9.84 Å². The summed E-state index contributed by atoms with van der Waals surface area (Å²) in [6.45, 7) is 1.85. The Labute approximate surface area is 101 Å². The number of halogens is 2. The molecule has 3 nitrogen and oxygen atoms in total. The molecule has 0 radical (unpaired) electrons. The Bertz CT molecular complexity index is 366. The lowest BCUT2D eigenvalue weighted by atomic mass is 10.2. The zero-order valence-electron chi connectivity index (χ0n) is 8.74. The Hall–Kier alpha value is -1.10. The Morgan fingerprint density at radius 2 is 2.06 bits per heavy atom.